The molecule has 2 rings (SSSR count). The van der Waals surface area contributed by atoms with Crippen molar-refractivity contribution in [2.24, 2.45) is 0 Å². The average Bonchev–Trinajstić information content (AvgIpc) is 2.89. The molecule has 2 aromatic heterocycles. The second-order valence-corrected chi connectivity index (χ2v) is 6.74. The van der Waals surface area contributed by atoms with Gasteiger partial charge in [-0.05, 0) is 39.0 Å². The molecule has 0 bridgehead atoms. The van der Waals surface area contributed by atoms with Gasteiger partial charge in [0.25, 0.3) is 0 Å². The maximum Gasteiger partial charge on any atom is 0.220 e. The summed E-state index contributed by atoms with van der Waals surface area (Å²) in [4.78, 5) is 25.2. The fraction of sp³-hybridized carbons (Fsp3) is 0.467. The van der Waals surface area contributed by atoms with Gasteiger partial charge in [0.05, 0.1) is 6.54 Å². The van der Waals surface area contributed by atoms with E-state index < -0.39 is 0 Å². The quantitative estimate of drug-likeness (QED) is 0.649. The number of nitrogens with zero attached hydrogens (tertiary/aromatic N) is 3. The minimum absolute atomic E-state index is 0.0283. The number of nitrogens with one attached hydrogen (secondary N) is 1. The highest BCUT2D eigenvalue weighted by Crippen LogP contribution is 2.17. The predicted molar refractivity (Wildman–Crippen MR) is 90.3 cm³/mol. The van der Waals surface area contributed by atoms with Crippen molar-refractivity contribution >= 4 is 29.0 Å². The topological polar surface area (TPSA) is 67.8 Å². The van der Waals surface area contributed by atoms with Crippen molar-refractivity contribution < 1.29 is 4.79 Å². The molecule has 7 heteroatoms. The van der Waals surface area contributed by atoms with E-state index >= 15 is 0 Å². The number of amides is 1. The molecule has 1 N–H and O–H groups in total. The van der Waals surface area contributed by atoms with Crippen molar-refractivity contribution in [2.45, 2.75) is 45.3 Å². The highest BCUT2D eigenvalue weighted by Gasteiger charge is 2.11. The lowest BCUT2D eigenvalue weighted by atomic mass is 10.1. The Morgan fingerprint density at radius 1 is 1.23 bits per heavy atom. The number of hydrogen-bond donors (Lipinski definition) is 1. The summed E-state index contributed by atoms with van der Waals surface area (Å²) in [6, 6.07) is 0. The minimum Gasteiger partial charge on any atom is -0.350 e. The first-order valence-electron chi connectivity index (χ1n) is 7.05. The average molecular weight is 336 g/mol. The number of thiazole rings is 1. The smallest absolute Gasteiger partial charge is 0.220 e. The van der Waals surface area contributed by atoms with Crippen molar-refractivity contribution in [2.75, 3.05) is 6.26 Å². The SMILES string of the molecule is CSc1nc(C)c(CCC(=O)NCc2nc(C)cs2)c(C)n1. The lowest BCUT2D eigenvalue weighted by Crippen LogP contribution is -2.23. The van der Waals surface area contributed by atoms with Crippen LogP contribution in [0.3, 0.4) is 0 Å². The summed E-state index contributed by atoms with van der Waals surface area (Å²) in [7, 11) is 0. The molecule has 0 radical (unpaired) electrons. The van der Waals surface area contributed by atoms with Crippen LogP contribution in [-0.2, 0) is 17.8 Å². The summed E-state index contributed by atoms with van der Waals surface area (Å²) in [5.74, 6) is 0.0283. The predicted octanol–water partition coefficient (Wildman–Crippen LogP) is 2.83. The molecule has 0 atom stereocenters. The monoisotopic (exact) mass is 336 g/mol. The normalized spacial score (nSPS) is 10.7. The molecule has 0 aliphatic carbocycles. The van der Waals surface area contributed by atoms with E-state index in [1.54, 1.807) is 11.3 Å². The summed E-state index contributed by atoms with van der Waals surface area (Å²) >= 11 is 3.10. The van der Waals surface area contributed by atoms with Crippen molar-refractivity contribution in [1.29, 1.82) is 0 Å². The number of aryl methyl sites for hydroxylation is 3. The Balaban J connectivity index is 1.88. The van der Waals surface area contributed by atoms with E-state index in [2.05, 4.69) is 20.3 Å². The summed E-state index contributed by atoms with van der Waals surface area (Å²) in [6.07, 6.45) is 3.06. The summed E-state index contributed by atoms with van der Waals surface area (Å²) < 4.78 is 0. The fourth-order valence-corrected chi connectivity index (χ4v) is 3.31. The molecule has 2 heterocycles. The van der Waals surface area contributed by atoms with Gasteiger partial charge in [0, 0.05) is 28.9 Å². The largest absolute Gasteiger partial charge is 0.350 e. The molecule has 0 spiro atoms. The minimum atomic E-state index is 0.0283. The third-order valence-electron chi connectivity index (χ3n) is 3.29. The number of carbonyl (C=O) groups excluding carboxylic acids is 1. The first-order chi connectivity index (χ1) is 10.5. The first-order valence-corrected chi connectivity index (χ1v) is 9.16. The zero-order chi connectivity index (χ0) is 16.1. The second kappa shape index (κ2) is 7.69. The molecule has 0 unspecified atom stereocenters. The Kier molecular flexibility index (Phi) is 5.90. The lowest BCUT2D eigenvalue weighted by molar-refractivity contribution is -0.121. The van der Waals surface area contributed by atoms with Crippen LogP contribution in [0.5, 0.6) is 0 Å². The van der Waals surface area contributed by atoms with E-state index in [-0.39, 0.29) is 5.91 Å². The van der Waals surface area contributed by atoms with E-state index in [1.165, 1.54) is 11.8 Å². The fourth-order valence-electron chi connectivity index (χ4n) is 2.15. The van der Waals surface area contributed by atoms with Crippen LogP contribution in [0.4, 0.5) is 0 Å². The standard InChI is InChI=1S/C15H20N4OS2/c1-9-8-22-14(17-9)7-16-13(20)6-5-12-10(2)18-15(21-4)19-11(12)3/h8H,5-7H2,1-4H3,(H,16,20). The van der Waals surface area contributed by atoms with Gasteiger partial charge in [0.15, 0.2) is 5.16 Å². The molecule has 118 valence electrons. The number of hydrogen-bond acceptors (Lipinski definition) is 6. The number of carbonyl (C=O) groups is 1. The number of thioether (sulfide) groups is 1. The molecule has 0 fully saturated rings. The Morgan fingerprint density at radius 3 is 2.45 bits per heavy atom. The van der Waals surface area contributed by atoms with Gasteiger partial charge < -0.3 is 5.32 Å². The maximum absolute atomic E-state index is 12.0. The highest BCUT2D eigenvalue weighted by atomic mass is 32.2. The molecule has 5 nitrogen and oxygen atoms in total. The van der Waals surface area contributed by atoms with E-state index in [0.29, 0.717) is 19.4 Å². The first kappa shape index (κ1) is 16.9. The van der Waals surface area contributed by atoms with Crippen LogP contribution in [0, 0.1) is 20.8 Å². The van der Waals surface area contributed by atoms with E-state index in [1.807, 2.05) is 32.4 Å². The molecular weight excluding hydrogens is 316 g/mol. The van der Waals surface area contributed by atoms with Gasteiger partial charge in [0.1, 0.15) is 5.01 Å². The Labute approximate surface area is 139 Å². The summed E-state index contributed by atoms with van der Waals surface area (Å²) in [5.41, 5.74) is 3.98. The third-order valence-corrected chi connectivity index (χ3v) is 4.80. The molecule has 22 heavy (non-hydrogen) atoms. The van der Waals surface area contributed by atoms with Crippen LogP contribution < -0.4 is 5.32 Å². The second-order valence-electron chi connectivity index (χ2n) is 5.02. The highest BCUT2D eigenvalue weighted by molar-refractivity contribution is 7.98. The van der Waals surface area contributed by atoms with Crippen molar-refractivity contribution in [3.63, 3.8) is 0 Å². The van der Waals surface area contributed by atoms with E-state index in [0.717, 1.165) is 32.8 Å². The van der Waals surface area contributed by atoms with Crippen LogP contribution in [0.25, 0.3) is 0 Å². The van der Waals surface area contributed by atoms with Gasteiger partial charge in [-0.2, -0.15) is 0 Å². The molecule has 0 aliphatic rings. The van der Waals surface area contributed by atoms with Crippen LogP contribution >= 0.6 is 23.1 Å². The Bertz CT molecular complexity index is 646. The lowest BCUT2D eigenvalue weighted by Gasteiger charge is -2.10. The zero-order valence-electron chi connectivity index (χ0n) is 13.3. The van der Waals surface area contributed by atoms with Gasteiger partial charge in [-0.3, -0.25) is 4.79 Å². The molecular formula is C15H20N4OS2. The molecule has 0 saturated heterocycles. The Hall–Kier alpha value is -1.47. The Morgan fingerprint density at radius 2 is 1.91 bits per heavy atom. The van der Waals surface area contributed by atoms with Crippen molar-refractivity contribution in [3.8, 4) is 0 Å². The van der Waals surface area contributed by atoms with E-state index in [9.17, 15) is 4.79 Å². The van der Waals surface area contributed by atoms with Crippen molar-refractivity contribution in [1.82, 2.24) is 20.3 Å². The number of rotatable bonds is 6. The maximum atomic E-state index is 12.0. The van der Waals surface area contributed by atoms with Gasteiger partial charge in [-0.1, -0.05) is 11.8 Å². The molecule has 2 aromatic rings. The van der Waals surface area contributed by atoms with Crippen LogP contribution in [-0.4, -0.2) is 27.1 Å². The molecule has 0 saturated carbocycles. The van der Waals surface area contributed by atoms with Gasteiger partial charge in [-0.15, -0.1) is 11.3 Å². The van der Waals surface area contributed by atoms with Crippen LogP contribution in [0.15, 0.2) is 10.5 Å². The zero-order valence-corrected chi connectivity index (χ0v) is 14.9. The van der Waals surface area contributed by atoms with Gasteiger partial charge in [0.2, 0.25) is 5.91 Å². The third kappa shape index (κ3) is 4.51. The summed E-state index contributed by atoms with van der Waals surface area (Å²) in [6.45, 7) is 6.39. The van der Waals surface area contributed by atoms with Gasteiger partial charge in [-0.25, -0.2) is 15.0 Å². The van der Waals surface area contributed by atoms with Crippen LogP contribution in [0.2, 0.25) is 0 Å². The summed E-state index contributed by atoms with van der Waals surface area (Å²) in [5, 5.41) is 6.61. The van der Waals surface area contributed by atoms with Gasteiger partial charge >= 0.3 is 0 Å². The van der Waals surface area contributed by atoms with Crippen LogP contribution in [0.1, 0.15) is 34.1 Å². The number of aromatic nitrogens is 3. The molecule has 1 amide bonds. The van der Waals surface area contributed by atoms with E-state index in [4.69, 9.17) is 0 Å². The molecule has 0 aromatic carbocycles. The molecule has 0 aliphatic heterocycles. The van der Waals surface area contributed by atoms with Crippen molar-refractivity contribution in [3.05, 3.63) is 33.0 Å².